The van der Waals surface area contributed by atoms with Crippen molar-refractivity contribution in [1.82, 2.24) is 19.9 Å². The predicted molar refractivity (Wildman–Crippen MR) is 165 cm³/mol. The van der Waals surface area contributed by atoms with Gasteiger partial charge in [-0.3, -0.25) is 14.5 Å². The van der Waals surface area contributed by atoms with E-state index in [-0.39, 0.29) is 29.0 Å². The summed E-state index contributed by atoms with van der Waals surface area (Å²) in [5.74, 6) is -0.227. The molecule has 8 nitrogen and oxygen atoms in total. The second kappa shape index (κ2) is 12.3. The number of phenolic OH excluding ortho intramolecular Hbond substituents is 1. The molecule has 1 saturated heterocycles. The Morgan fingerprint density at radius 3 is 2.31 bits per heavy atom. The van der Waals surface area contributed by atoms with Crippen molar-refractivity contribution < 1.29 is 9.90 Å². The number of para-hydroxylation sites is 2. The first-order chi connectivity index (χ1) is 20.5. The Bertz CT molecular complexity index is 1730. The summed E-state index contributed by atoms with van der Waals surface area (Å²) in [6.45, 7) is 2.63. The molecule has 5 aromatic rings. The summed E-state index contributed by atoms with van der Waals surface area (Å²) in [6, 6.07) is 32.6. The smallest absolute Gasteiger partial charge is 0.295 e. The fourth-order valence-corrected chi connectivity index (χ4v) is 5.52. The lowest BCUT2D eigenvalue weighted by Crippen LogP contribution is -2.48. The van der Waals surface area contributed by atoms with Crippen LogP contribution in [0.5, 0.6) is 5.75 Å². The van der Waals surface area contributed by atoms with Crippen LogP contribution < -0.4 is 16.3 Å². The van der Waals surface area contributed by atoms with Gasteiger partial charge in [0.25, 0.3) is 5.56 Å². The van der Waals surface area contributed by atoms with Crippen LogP contribution in [-0.2, 0) is 11.3 Å². The maximum atomic E-state index is 13.9. The van der Waals surface area contributed by atoms with Crippen LogP contribution in [0.3, 0.4) is 0 Å². The van der Waals surface area contributed by atoms with Crippen LogP contribution in [0.25, 0.3) is 22.3 Å². The van der Waals surface area contributed by atoms with Gasteiger partial charge in [0.1, 0.15) is 17.5 Å². The zero-order valence-corrected chi connectivity index (χ0v) is 23.2. The van der Waals surface area contributed by atoms with Crippen molar-refractivity contribution in [3.63, 3.8) is 0 Å². The van der Waals surface area contributed by atoms with Gasteiger partial charge in [-0.25, -0.2) is 9.66 Å². The van der Waals surface area contributed by atoms with Crippen molar-refractivity contribution in [3.05, 3.63) is 131 Å². The summed E-state index contributed by atoms with van der Waals surface area (Å²) >= 11 is 0. The number of nitrogens with zero attached hydrogens (tertiary/aromatic N) is 3. The maximum Gasteiger partial charge on any atom is 0.295 e. The van der Waals surface area contributed by atoms with E-state index in [0.717, 1.165) is 32.5 Å². The number of amides is 1. The van der Waals surface area contributed by atoms with Crippen LogP contribution in [0, 0.1) is 0 Å². The van der Waals surface area contributed by atoms with Gasteiger partial charge in [0.15, 0.2) is 0 Å². The number of hydrogen-bond donors (Lipinski definition) is 3. The fourth-order valence-electron chi connectivity index (χ4n) is 5.52. The van der Waals surface area contributed by atoms with Gasteiger partial charge in [-0.1, -0.05) is 84.9 Å². The molecule has 1 unspecified atom stereocenters. The first-order valence-electron chi connectivity index (χ1n) is 14.2. The van der Waals surface area contributed by atoms with Crippen LogP contribution in [0.2, 0.25) is 0 Å². The van der Waals surface area contributed by atoms with Gasteiger partial charge in [-0.15, -0.1) is 0 Å². The topological polar surface area (TPSA) is 99.5 Å². The van der Waals surface area contributed by atoms with Crippen LogP contribution in [0.15, 0.2) is 114 Å². The summed E-state index contributed by atoms with van der Waals surface area (Å²) in [5, 5.41) is 13.5. The lowest BCUT2D eigenvalue weighted by molar-refractivity contribution is -0.123. The summed E-state index contributed by atoms with van der Waals surface area (Å²) in [6.07, 6.45) is 1.64. The molecule has 2 heterocycles. The minimum Gasteiger partial charge on any atom is -0.508 e. The first-order valence-corrected chi connectivity index (χ1v) is 14.2. The Balaban J connectivity index is 1.28. The largest absolute Gasteiger partial charge is 0.508 e. The molecule has 0 aliphatic carbocycles. The van der Waals surface area contributed by atoms with Crippen LogP contribution in [0.4, 0.5) is 0 Å². The van der Waals surface area contributed by atoms with Gasteiger partial charge in [-0.05, 0) is 48.2 Å². The number of carbonyl (C=O) groups excluding carboxylic acids is 1. The third-order valence-corrected chi connectivity index (χ3v) is 7.71. The highest BCUT2D eigenvalue weighted by Gasteiger charge is 2.28. The van der Waals surface area contributed by atoms with Gasteiger partial charge in [0, 0.05) is 31.2 Å². The number of rotatable bonds is 8. The molecular weight excluding hydrogens is 526 g/mol. The van der Waals surface area contributed by atoms with Crippen molar-refractivity contribution in [3.8, 4) is 17.0 Å². The Morgan fingerprint density at radius 2 is 1.57 bits per heavy atom. The number of likely N-dealkylation sites (tertiary alicyclic amines) is 1. The monoisotopic (exact) mass is 559 g/mol. The van der Waals surface area contributed by atoms with E-state index in [1.807, 2.05) is 54.6 Å². The number of benzene rings is 4. The van der Waals surface area contributed by atoms with Crippen LogP contribution in [-0.4, -0.2) is 44.7 Å². The van der Waals surface area contributed by atoms with E-state index in [9.17, 15) is 14.7 Å². The maximum absolute atomic E-state index is 13.9. The summed E-state index contributed by atoms with van der Waals surface area (Å²) in [7, 11) is 0. The molecule has 42 heavy (non-hydrogen) atoms. The Morgan fingerprint density at radius 1 is 0.881 bits per heavy atom. The van der Waals surface area contributed by atoms with Crippen LogP contribution >= 0.6 is 0 Å². The second-order valence-corrected chi connectivity index (χ2v) is 10.7. The Kier molecular flexibility index (Phi) is 7.96. The number of nitrogens with one attached hydrogen (secondary N) is 2. The standard InChI is InChI=1S/C34H33N5O3/c40-28-15-9-14-26(22-28)31(33(41)35-27-18-20-38(21-19-27)23-24-10-3-1-4-11-24)37-39-30-17-8-7-16-29(30)36-32(34(39)42)25-12-5-2-6-13-25/h1-17,22,27,31,37,40H,18-21,23H2,(H,35,41). The van der Waals surface area contributed by atoms with E-state index < -0.39 is 6.04 Å². The van der Waals surface area contributed by atoms with Gasteiger partial charge in [-0.2, -0.15) is 0 Å². The summed E-state index contributed by atoms with van der Waals surface area (Å²) in [4.78, 5) is 34.8. The van der Waals surface area contributed by atoms with Crippen molar-refractivity contribution in [1.29, 1.82) is 0 Å². The van der Waals surface area contributed by atoms with Crippen LogP contribution in [0.1, 0.15) is 30.0 Å². The number of phenols is 1. The number of piperidine rings is 1. The van der Waals surface area contributed by atoms with Gasteiger partial charge in [0.2, 0.25) is 5.91 Å². The molecule has 1 aliphatic heterocycles. The molecule has 8 heteroatoms. The zero-order chi connectivity index (χ0) is 28.9. The molecule has 0 bridgehead atoms. The summed E-state index contributed by atoms with van der Waals surface area (Å²) < 4.78 is 1.40. The minimum atomic E-state index is -0.938. The highest BCUT2D eigenvalue weighted by molar-refractivity contribution is 5.86. The molecule has 1 aromatic heterocycles. The Hall–Kier alpha value is -4.95. The molecule has 1 fully saturated rings. The van der Waals surface area contributed by atoms with E-state index in [1.165, 1.54) is 10.2 Å². The molecule has 1 atom stereocenters. The predicted octanol–water partition coefficient (Wildman–Crippen LogP) is 4.83. The molecule has 6 rings (SSSR count). The van der Waals surface area contributed by atoms with Crippen molar-refractivity contribution in [2.45, 2.75) is 31.5 Å². The molecule has 0 spiro atoms. The molecule has 212 valence electrons. The molecule has 3 N–H and O–H groups in total. The van der Waals surface area contributed by atoms with Gasteiger partial charge in [0.05, 0.1) is 11.0 Å². The Labute approximate surface area is 244 Å². The van der Waals surface area contributed by atoms with Gasteiger partial charge >= 0.3 is 0 Å². The molecule has 4 aromatic carbocycles. The highest BCUT2D eigenvalue weighted by atomic mass is 16.3. The fraction of sp³-hybridized carbons (Fsp3) is 0.206. The number of hydrogen-bond acceptors (Lipinski definition) is 6. The van der Waals surface area contributed by atoms with Crippen molar-refractivity contribution >= 4 is 16.9 Å². The molecular formula is C34H33N5O3. The number of aromatic nitrogens is 2. The number of fused-ring (bicyclic) bond motifs is 1. The van der Waals surface area contributed by atoms with E-state index in [0.29, 0.717) is 22.2 Å². The first kappa shape index (κ1) is 27.2. The second-order valence-electron chi connectivity index (χ2n) is 10.7. The SMILES string of the molecule is O=C(NC1CCN(Cc2ccccc2)CC1)C(Nn1c(=O)c(-c2ccccc2)nc2ccccc21)c1cccc(O)c1. The highest BCUT2D eigenvalue weighted by Crippen LogP contribution is 2.23. The molecule has 0 saturated carbocycles. The minimum absolute atomic E-state index is 0.00285. The summed E-state index contributed by atoms with van der Waals surface area (Å²) in [5.41, 5.74) is 6.79. The average molecular weight is 560 g/mol. The number of aromatic hydroxyl groups is 1. The quantitative estimate of drug-likeness (QED) is 0.252. The van der Waals surface area contributed by atoms with Crippen molar-refractivity contribution in [2.75, 3.05) is 18.5 Å². The molecule has 1 aliphatic rings. The van der Waals surface area contributed by atoms with E-state index in [4.69, 9.17) is 0 Å². The third kappa shape index (κ3) is 6.04. The number of carbonyl (C=O) groups is 1. The zero-order valence-electron chi connectivity index (χ0n) is 23.2. The average Bonchev–Trinajstić information content (AvgIpc) is 3.02. The third-order valence-electron chi connectivity index (χ3n) is 7.71. The normalized spacial score (nSPS) is 14.9. The van der Waals surface area contributed by atoms with Crippen molar-refractivity contribution in [2.24, 2.45) is 0 Å². The van der Waals surface area contributed by atoms with E-state index in [2.05, 4.69) is 44.9 Å². The van der Waals surface area contributed by atoms with Gasteiger partial charge < -0.3 is 15.8 Å². The molecule has 1 amide bonds. The van der Waals surface area contributed by atoms with E-state index >= 15 is 0 Å². The lowest BCUT2D eigenvalue weighted by Gasteiger charge is -2.33. The molecule has 0 radical (unpaired) electrons. The van der Waals surface area contributed by atoms with E-state index in [1.54, 1.807) is 30.3 Å². The lowest BCUT2D eigenvalue weighted by atomic mass is 10.0.